The maximum absolute atomic E-state index is 12.9. The second-order valence-corrected chi connectivity index (χ2v) is 4.01. The van der Waals surface area contributed by atoms with Gasteiger partial charge in [-0.3, -0.25) is 0 Å². The topological polar surface area (TPSA) is 32.3 Å². The lowest BCUT2D eigenvalue weighted by Crippen LogP contribution is -2.35. The van der Waals surface area contributed by atoms with Crippen LogP contribution in [0, 0.1) is 12.7 Å². The zero-order valence-electron chi connectivity index (χ0n) is 9.47. The van der Waals surface area contributed by atoms with Crippen LogP contribution < -0.4 is 5.32 Å². The third kappa shape index (κ3) is 3.01. The minimum absolute atomic E-state index is 0.268. The zero-order valence-corrected chi connectivity index (χ0v) is 9.47. The van der Waals surface area contributed by atoms with Gasteiger partial charge in [0.2, 0.25) is 0 Å². The number of nitrogens with one attached hydrogen (secondary N) is 1. The van der Waals surface area contributed by atoms with Crippen LogP contribution in [0.3, 0.4) is 0 Å². The first kappa shape index (κ1) is 12.1. The maximum Gasteiger partial charge on any atom is 0.123 e. The van der Waals surface area contributed by atoms with Crippen LogP contribution in [-0.2, 0) is 5.60 Å². The first-order valence-corrected chi connectivity index (χ1v) is 5.17. The Morgan fingerprint density at radius 3 is 2.67 bits per heavy atom. The summed E-state index contributed by atoms with van der Waals surface area (Å²) in [4.78, 5) is 0. The van der Waals surface area contributed by atoms with E-state index < -0.39 is 5.60 Å². The van der Waals surface area contributed by atoms with Crippen molar-refractivity contribution in [1.29, 1.82) is 0 Å². The third-order valence-electron chi connectivity index (χ3n) is 2.49. The highest BCUT2D eigenvalue weighted by Crippen LogP contribution is 2.23. The van der Waals surface area contributed by atoms with Crippen molar-refractivity contribution in [2.75, 3.05) is 13.1 Å². The Morgan fingerprint density at radius 1 is 1.47 bits per heavy atom. The van der Waals surface area contributed by atoms with Gasteiger partial charge in [-0.15, -0.1) is 0 Å². The molecule has 0 saturated carbocycles. The molecule has 1 aromatic rings. The third-order valence-corrected chi connectivity index (χ3v) is 2.49. The van der Waals surface area contributed by atoms with E-state index in [-0.39, 0.29) is 5.82 Å². The minimum atomic E-state index is -0.951. The predicted molar refractivity (Wildman–Crippen MR) is 59.3 cm³/mol. The molecular formula is C12H18FNO. The van der Waals surface area contributed by atoms with Crippen molar-refractivity contribution in [3.63, 3.8) is 0 Å². The van der Waals surface area contributed by atoms with Crippen molar-refractivity contribution in [3.8, 4) is 0 Å². The van der Waals surface area contributed by atoms with Crippen molar-refractivity contribution in [1.82, 2.24) is 5.32 Å². The van der Waals surface area contributed by atoms with Gasteiger partial charge in [0, 0.05) is 6.54 Å². The van der Waals surface area contributed by atoms with Crippen LogP contribution in [-0.4, -0.2) is 18.2 Å². The highest BCUT2D eigenvalue weighted by atomic mass is 19.1. The summed E-state index contributed by atoms with van der Waals surface area (Å²) >= 11 is 0. The molecule has 0 bridgehead atoms. The summed E-state index contributed by atoms with van der Waals surface area (Å²) in [5, 5.41) is 13.3. The van der Waals surface area contributed by atoms with Gasteiger partial charge in [-0.05, 0) is 43.7 Å². The molecule has 0 fully saturated rings. The van der Waals surface area contributed by atoms with E-state index in [0.717, 1.165) is 17.7 Å². The Bertz CT molecular complexity index is 336. The van der Waals surface area contributed by atoms with E-state index >= 15 is 0 Å². The fourth-order valence-corrected chi connectivity index (χ4v) is 1.70. The molecule has 3 heteroatoms. The molecule has 0 aliphatic carbocycles. The van der Waals surface area contributed by atoms with Gasteiger partial charge in [0.15, 0.2) is 0 Å². The van der Waals surface area contributed by atoms with Crippen LogP contribution in [0.4, 0.5) is 4.39 Å². The number of halogens is 1. The molecule has 0 saturated heterocycles. The van der Waals surface area contributed by atoms with Crippen LogP contribution >= 0.6 is 0 Å². The minimum Gasteiger partial charge on any atom is -0.384 e. The number of hydrogen-bond donors (Lipinski definition) is 2. The van der Waals surface area contributed by atoms with Crippen molar-refractivity contribution in [3.05, 3.63) is 35.1 Å². The molecule has 84 valence electrons. The number of aryl methyl sites for hydroxylation is 1. The number of rotatable bonds is 4. The van der Waals surface area contributed by atoms with Gasteiger partial charge in [-0.1, -0.05) is 13.0 Å². The van der Waals surface area contributed by atoms with Crippen LogP contribution in [0.25, 0.3) is 0 Å². The summed E-state index contributed by atoms with van der Waals surface area (Å²) in [5.74, 6) is -0.268. The number of hydrogen-bond acceptors (Lipinski definition) is 2. The van der Waals surface area contributed by atoms with Crippen LogP contribution in [0.5, 0.6) is 0 Å². The highest BCUT2D eigenvalue weighted by molar-refractivity contribution is 5.31. The molecule has 1 atom stereocenters. The fourth-order valence-electron chi connectivity index (χ4n) is 1.70. The summed E-state index contributed by atoms with van der Waals surface area (Å²) in [5.41, 5.74) is 0.594. The summed E-state index contributed by atoms with van der Waals surface area (Å²) in [7, 11) is 0. The molecule has 0 spiro atoms. The van der Waals surface area contributed by atoms with Gasteiger partial charge in [-0.25, -0.2) is 4.39 Å². The van der Waals surface area contributed by atoms with Crippen molar-refractivity contribution >= 4 is 0 Å². The summed E-state index contributed by atoms with van der Waals surface area (Å²) in [6.45, 7) is 6.79. The fraction of sp³-hybridized carbons (Fsp3) is 0.500. The molecule has 2 nitrogen and oxygen atoms in total. The average molecular weight is 211 g/mol. The smallest absolute Gasteiger partial charge is 0.123 e. The van der Waals surface area contributed by atoms with Crippen molar-refractivity contribution in [2.24, 2.45) is 0 Å². The number of likely N-dealkylation sites (N-methyl/N-ethyl adjacent to an activating group) is 1. The van der Waals surface area contributed by atoms with Gasteiger partial charge >= 0.3 is 0 Å². The van der Waals surface area contributed by atoms with Crippen LogP contribution in [0.2, 0.25) is 0 Å². The molecule has 1 aromatic carbocycles. The Morgan fingerprint density at radius 2 is 2.13 bits per heavy atom. The molecule has 1 unspecified atom stereocenters. The first-order chi connectivity index (χ1) is 6.97. The van der Waals surface area contributed by atoms with E-state index in [9.17, 15) is 9.50 Å². The lowest BCUT2D eigenvalue weighted by atomic mass is 9.92. The Kier molecular flexibility index (Phi) is 3.83. The van der Waals surface area contributed by atoms with Crippen molar-refractivity contribution in [2.45, 2.75) is 26.4 Å². The van der Waals surface area contributed by atoms with E-state index in [1.165, 1.54) is 12.1 Å². The molecule has 15 heavy (non-hydrogen) atoms. The average Bonchev–Trinajstić information content (AvgIpc) is 2.14. The zero-order chi connectivity index (χ0) is 11.5. The van der Waals surface area contributed by atoms with Crippen LogP contribution in [0.1, 0.15) is 25.0 Å². The largest absolute Gasteiger partial charge is 0.384 e. The normalized spacial score (nSPS) is 15.0. The summed E-state index contributed by atoms with van der Waals surface area (Å²) < 4.78 is 12.9. The van der Waals surface area contributed by atoms with Gasteiger partial charge in [0.1, 0.15) is 5.82 Å². The standard InChI is InChI=1S/C12H18FNO/c1-4-14-8-12(3,15)11-6-5-10(13)7-9(11)2/h5-7,14-15H,4,8H2,1-3H3. The molecule has 0 aliphatic rings. The van der Waals surface area contributed by atoms with Gasteiger partial charge < -0.3 is 10.4 Å². The SMILES string of the molecule is CCNCC(C)(O)c1ccc(F)cc1C. The van der Waals surface area contributed by atoms with E-state index in [2.05, 4.69) is 5.32 Å². The quantitative estimate of drug-likeness (QED) is 0.798. The molecule has 0 amide bonds. The highest BCUT2D eigenvalue weighted by Gasteiger charge is 2.24. The second kappa shape index (κ2) is 4.73. The Balaban J connectivity index is 2.93. The monoisotopic (exact) mass is 211 g/mol. The van der Waals surface area contributed by atoms with Crippen LogP contribution in [0.15, 0.2) is 18.2 Å². The van der Waals surface area contributed by atoms with Gasteiger partial charge in [0.25, 0.3) is 0 Å². The van der Waals surface area contributed by atoms with E-state index in [1.807, 2.05) is 6.92 Å². The molecule has 0 aromatic heterocycles. The summed E-state index contributed by atoms with van der Waals surface area (Å²) in [6.07, 6.45) is 0. The summed E-state index contributed by atoms with van der Waals surface area (Å²) in [6, 6.07) is 4.46. The van der Waals surface area contributed by atoms with Crippen molar-refractivity contribution < 1.29 is 9.50 Å². The molecule has 0 aliphatic heterocycles. The molecule has 0 radical (unpaired) electrons. The Labute approximate surface area is 90.1 Å². The first-order valence-electron chi connectivity index (χ1n) is 5.17. The number of benzene rings is 1. The number of aliphatic hydroxyl groups is 1. The maximum atomic E-state index is 12.9. The lowest BCUT2D eigenvalue weighted by molar-refractivity contribution is 0.0569. The Hall–Kier alpha value is -0.930. The molecular weight excluding hydrogens is 193 g/mol. The molecule has 1 rings (SSSR count). The van der Waals surface area contributed by atoms with E-state index in [4.69, 9.17) is 0 Å². The van der Waals surface area contributed by atoms with Gasteiger partial charge in [-0.2, -0.15) is 0 Å². The predicted octanol–water partition coefficient (Wildman–Crippen LogP) is 1.95. The van der Waals surface area contributed by atoms with Gasteiger partial charge in [0.05, 0.1) is 5.60 Å². The molecule has 2 N–H and O–H groups in total. The molecule has 0 heterocycles. The van der Waals surface area contributed by atoms with E-state index in [0.29, 0.717) is 6.54 Å². The second-order valence-electron chi connectivity index (χ2n) is 4.01. The lowest BCUT2D eigenvalue weighted by Gasteiger charge is -2.25. The van der Waals surface area contributed by atoms with E-state index in [1.54, 1.807) is 19.9 Å².